The summed E-state index contributed by atoms with van der Waals surface area (Å²) in [6.45, 7) is 8.48. The predicted molar refractivity (Wildman–Crippen MR) is 109 cm³/mol. The number of pyridine rings is 1. The van der Waals surface area contributed by atoms with Gasteiger partial charge >= 0.3 is 5.69 Å². The number of nitrogens with one attached hydrogen (secondary N) is 3. The van der Waals surface area contributed by atoms with Crippen LogP contribution >= 0.6 is 11.6 Å². The monoisotopic (exact) mass is 405 g/mol. The third kappa shape index (κ3) is 4.66. The molecule has 150 valence electrons. The molecule has 2 aromatic heterocycles. The van der Waals surface area contributed by atoms with Crippen LogP contribution in [-0.2, 0) is 0 Å². The van der Waals surface area contributed by atoms with Crippen LogP contribution in [0.3, 0.4) is 0 Å². The number of nitrogens with zero attached hydrogens (tertiary/aromatic N) is 4. The Kier molecular flexibility index (Phi) is 5.40. The Morgan fingerprint density at radius 3 is 2.43 bits per heavy atom. The topological polar surface area (TPSA) is 118 Å². The smallest absolute Gasteiger partial charge is 0.353 e. The quantitative estimate of drug-likeness (QED) is 0.389. The fourth-order valence-corrected chi connectivity index (χ4v) is 4.14. The molecule has 0 atom stereocenters. The van der Waals surface area contributed by atoms with Gasteiger partial charge in [0, 0.05) is 23.3 Å². The Labute approximate surface area is 168 Å². The summed E-state index contributed by atoms with van der Waals surface area (Å²) in [6.07, 6.45) is 4.43. The van der Waals surface area contributed by atoms with Gasteiger partial charge in [0.15, 0.2) is 5.15 Å². The zero-order valence-electron chi connectivity index (χ0n) is 16.3. The molecule has 0 radical (unpaired) electrons. The molecule has 9 nitrogen and oxygen atoms in total. The lowest BCUT2D eigenvalue weighted by Gasteiger charge is -2.46. The van der Waals surface area contributed by atoms with E-state index >= 15 is 0 Å². The molecule has 1 fully saturated rings. The first-order chi connectivity index (χ1) is 13.1. The molecule has 1 aliphatic heterocycles. The van der Waals surface area contributed by atoms with Gasteiger partial charge in [-0.1, -0.05) is 11.6 Å². The molecule has 0 spiro atoms. The zero-order valence-corrected chi connectivity index (χ0v) is 17.0. The van der Waals surface area contributed by atoms with Crippen molar-refractivity contribution in [2.24, 2.45) is 0 Å². The Hall–Kier alpha value is -2.52. The molecule has 0 unspecified atom stereocenters. The Morgan fingerprint density at radius 2 is 1.82 bits per heavy atom. The molecule has 0 bridgehead atoms. The van der Waals surface area contributed by atoms with Crippen LogP contribution in [0.1, 0.15) is 40.5 Å². The van der Waals surface area contributed by atoms with E-state index in [9.17, 15) is 10.1 Å². The van der Waals surface area contributed by atoms with Crippen molar-refractivity contribution in [1.29, 1.82) is 0 Å². The second-order valence-corrected chi connectivity index (χ2v) is 8.64. The molecule has 1 saturated heterocycles. The third-order valence-electron chi connectivity index (χ3n) is 4.55. The molecule has 1 aliphatic rings. The first-order valence-electron chi connectivity index (χ1n) is 8.99. The summed E-state index contributed by atoms with van der Waals surface area (Å²) in [5.41, 5.74) is -0.00511. The maximum atomic E-state index is 11.8. The van der Waals surface area contributed by atoms with E-state index in [-0.39, 0.29) is 39.6 Å². The molecule has 0 saturated carbocycles. The average Bonchev–Trinajstić information content (AvgIpc) is 2.54. The van der Waals surface area contributed by atoms with Gasteiger partial charge in [-0.25, -0.2) is 15.0 Å². The average molecular weight is 406 g/mol. The van der Waals surface area contributed by atoms with Crippen molar-refractivity contribution in [3.05, 3.63) is 39.9 Å². The highest BCUT2D eigenvalue weighted by molar-refractivity contribution is 6.32. The van der Waals surface area contributed by atoms with Crippen LogP contribution in [0.2, 0.25) is 5.15 Å². The van der Waals surface area contributed by atoms with Crippen LogP contribution in [0.25, 0.3) is 0 Å². The fraction of sp³-hybridized carbons (Fsp3) is 0.500. The normalized spacial score (nSPS) is 18.5. The van der Waals surface area contributed by atoms with Crippen molar-refractivity contribution in [1.82, 2.24) is 20.3 Å². The summed E-state index contributed by atoms with van der Waals surface area (Å²) >= 11 is 6.05. The van der Waals surface area contributed by atoms with E-state index < -0.39 is 4.92 Å². The largest absolute Gasteiger partial charge is 0.361 e. The van der Waals surface area contributed by atoms with Gasteiger partial charge in [-0.15, -0.1) is 0 Å². The number of hydrogen-bond acceptors (Lipinski definition) is 8. The Morgan fingerprint density at radius 1 is 1.18 bits per heavy atom. The molecule has 0 amide bonds. The number of halogens is 1. The predicted octanol–water partition coefficient (Wildman–Crippen LogP) is 3.90. The van der Waals surface area contributed by atoms with Gasteiger partial charge in [-0.3, -0.25) is 10.1 Å². The van der Waals surface area contributed by atoms with E-state index in [4.69, 9.17) is 11.6 Å². The SMILES string of the molecule is CC1(C)CC(Nc2ncnc(Nc3cccnc3Cl)c2[N+](=O)[O-])CC(C)(C)N1. The number of piperidine rings is 1. The highest BCUT2D eigenvalue weighted by atomic mass is 35.5. The number of nitro groups is 1. The second kappa shape index (κ2) is 7.48. The van der Waals surface area contributed by atoms with Crippen molar-refractivity contribution in [3.63, 3.8) is 0 Å². The molecule has 28 heavy (non-hydrogen) atoms. The van der Waals surface area contributed by atoms with Crippen LogP contribution < -0.4 is 16.0 Å². The Balaban J connectivity index is 1.92. The molecule has 10 heteroatoms. The fourth-order valence-electron chi connectivity index (χ4n) is 3.97. The lowest BCUT2D eigenvalue weighted by atomic mass is 9.79. The molecule has 3 rings (SSSR count). The van der Waals surface area contributed by atoms with E-state index in [0.29, 0.717) is 5.69 Å². The van der Waals surface area contributed by atoms with E-state index in [1.807, 2.05) is 0 Å². The summed E-state index contributed by atoms with van der Waals surface area (Å²) in [7, 11) is 0. The first kappa shape index (κ1) is 20.2. The van der Waals surface area contributed by atoms with Gasteiger partial charge in [0.25, 0.3) is 0 Å². The second-order valence-electron chi connectivity index (χ2n) is 8.29. The third-order valence-corrected chi connectivity index (χ3v) is 4.85. The Bertz CT molecular complexity index is 872. The van der Waals surface area contributed by atoms with Gasteiger partial charge in [0.1, 0.15) is 6.33 Å². The van der Waals surface area contributed by atoms with Gasteiger partial charge in [-0.2, -0.15) is 0 Å². The van der Waals surface area contributed by atoms with E-state index in [0.717, 1.165) is 12.8 Å². The summed E-state index contributed by atoms with van der Waals surface area (Å²) in [4.78, 5) is 23.5. The highest BCUT2D eigenvalue weighted by Crippen LogP contribution is 2.36. The van der Waals surface area contributed by atoms with Crippen molar-refractivity contribution in [3.8, 4) is 0 Å². The zero-order chi connectivity index (χ0) is 20.5. The lowest BCUT2D eigenvalue weighted by molar-refractivity contribution is -0.383. The van der Waals surface area contributed by atoms with Crippen LogP contribution in [-0.4, -0.2) is 37.0 Å². The van der Waals surface area contributed by atoms with Crippen LogP contribution in [0.5, 0.6) is 0 Å². The number of aromatic nitrogens is 3. The number of anilines is 3. The van der Waals surface area contributed by atoms with Gasteiger partial charge in [0.2, 0.25) is 11.6 Å². The van der Waals surface area contributed by atoms with Crippen molar-refractivity contribution in [2.75, 3.05) is 10.6 Å². The molecule has 3 heterocycles. The van der Waals surface area contributed by atoms with E-state index in [2.05, 4.69) is 58.6 Å². The number of rotatable bonds is 5. The maximum Gasteiger partial charge on any atom is 0.353 e. The first-order valence-corrected chi connectivity index (χ1v) is 9.37. The summed E-state index contributed by atoms with van der Waals surface area (Å²) in [5, 5.41) is 21.7. The molecule has 2 aromatic rings. The van der Waals surface area contributed by atoms with Crippen LogP contribution in [0.4, 0.5) is 23.0 Å². The molecule has 3 N–H and O–H groups in total. The number of hydrogen-bond donors (Lipinski definition) is 3. The lowest BCUT2D eigenvalue weighted by Crippen LogP contribution is -2.60. The van der Waals surface area contributed by atoms with Crippen molar-refractivity contribution >= 4 is 34.6 Å². The molecule has 0 aromatic carbocycles. The van der Waals surface area contributed by atoms with Crippen molar-refractivity contribution in [2.45, 2.75) is 57.7 Å². The van der Waals surface area contributed by atoms with Gasteiger partial charge < -0.3 is 16.0 Å². The summed E-state index contributed by atoms with van der Waals surface area (Å²) in [6, 6.07) is 3.38. The van der Waals surface area contributed by atoms with Gasteiger partial charge in [-0.05, 0) is 52.7 Å². The van der Waals surface area contributed by atoms with E-state index in [1.54, 1.807) is 12.1 Å². The minimum atomic E-state index is -0.494. The minimum Gasteiger partial charge on any atom is -0.361 e. The van der Waals surface area contributed by atoms with E-state index in [1.165, 1.54) is 12.5 Å². The van der Waals surface area contributed by atoms with Crippen LogP contribution in [0, 0.1) is 10.1 Å². The van der Waals surface area contributed by atoms with Crippen LogP contribution in [0.15, 0.2) is 24.7 Å². The highest BCUT2D eigenvalue weighted by Gasteiger charge is 2.38. The minimum absolute atomic E-state index is 0.0229. The summed E-state index contributed by atoms with van der Waals surface area (Å²) in [5.74, 6) is 0.242. The molecular weight excluding hydrogens is 382 g/mol. The van der Waals surface area contributed by atoms with Crippen molar-refractivity contribution < 1.29 is 4.92 Å². The molecule has 0 aliphatic carbocycles. The molecular formula is C18H24ClN7O2. The summed E-state index contributed by atoms with van der Waals surface area (Å²) < 4.78 is 0. The van der Waals surface area contributed by atoms with Gasteiger partial charge in [0.05, 0.1) is 10.6 Å². The standard InChI is InChI=1S/C18H24ClN7O2/c1-17(2)8-11(9-18(3,4)25-17)23-15-13(26(27)28)16(22-10-21-15)24-12-6-5-7-20-14(12)19/h5-7,10-11,25H,8-9H2,1-4H3,(H2,21,22,23,24). The maximum absolute atomic E-state index is 11.8.